The van der Waals surface area contributed by atoms with E-state index in [0.29, 0.717) is 5.02 Å². The van der Waals surface area contributed by atoms with Crippen LogP contribution < -0.4 is 0 Å². The van der Waals surface area contributed by atoms with E-state index in [-0.39, 0.29) is 12.3 Å². The number of carbonyl (C=O) groups excluding carboxylic acids is 1. The minimum absolute atomic E-state index is 0.0397. The Balaban J connectivity index is 2.18. The van der Waals surface area contributed by atoms with E-state index in [1.54, 1.807) is 6.20 Å². The summed E-state index contributed by atoms with van der Waals surface area (Å²) in [5.74, 6) is 0.0397. The van der Waals surface area contributed by atoms with Crippen molar-refractivity contribution in [2.45, 2.75) is 13.5 Å². The first-order valence-electron chi connectivity index (χ1n) is 4.93. The number of ketones is 1. The highest BCUT2D eigenvalue weighted by Crippen LogP contribution is 2.10. The summed E-state index contributed by atoms with van der Waals surface area (Å²) >= 11 is 5.73. The van der Waals surface area contributed by atoms with Crippen LogP contribution in [0.3, 0.4) is 0 Å². The predicted octanol–water partition coefficient (Wildman–Crippen LogP) is 2.73. The Morgan fingerprint density at radius 2 is 2.19 bits per heavy atom. The molecule has 0 aliphatic carbocycles. The van der Waals surface area contributed by atoms with Crippen molar-refractivity contribution in [1.82, 2.24) is 9.78 Å². The molecule has 0 amide bonds. The van der Waals surface area contributed by atoms with E-state index < -0.39 is 0 Å². The lowest BCUT2D eigenvalue weighted by atomic mass is 10.1. The van der Waals surface area contributed by atoms with Crippen LogP contribution >= 0.6 is 11.6 Å². The highest BCUT2D eigenvalue weighted by Gasteiger charge is 2.09. The van der Waals surface area contributed by atoms with E-state index in [4.69, 9.17) is 11.6 Å². The van der Waals surface area contributed by atoms with Gasteiger partial charge in [-0.1, -0.05) is 35.9 Å². The summed E-state index contributed by atoms with van der Waals surface area (Å²) in [4.78, 5) is 11.9. The molecule has 0 saturated heterocycles. The zero-order valence-corrected chi connectivity index (χ0v) is 9.61. The van der Waals surface area contributed by atoms with Crippen LogP contribution in [-0.2, 0) is 6.54 Å². The van der Waals surface area contributed by atoms with Crippen LogP contribution in [0.4, 0.5) is 0 Å². The highest BCUT2D eigenvalue weighted by atomic mass is 35.5. The van der Waals surface area contributed by atoms with Gasteiger partial charge in [0, 0.05) is 11.8 Å². The van der Waals surface area contributed by atoms with Crippen LogP contribution in [0.5, 0.6) is 0 Å². The molecule has 0 atom stereocenters. The Labute approximate surface area is 98.7 Å². The van der Waals surface area contributed by atoms with Crippen molar-refractivity contribution in [3.63, 3.8) is 0 Å². The molecule has 2 aromatic rings. The molecule has 3 nitrogen and oxygen atoms in total. The topological polar surface area (TPSA) is 34.9 Å². The molecular formula is C12H11ClN2O. The average molecular weight is 235 g/mol. The van der Waals surface area contributed by atoms with Crippen molar-refractivity contribution < 1.29 is 4.79 Å². The summed E-state index contributed by atoms with van der Waals surface area (Å²) in [6.07, 6.45) is 3.16. The lowest BCUT2D eigenvalue weighted by molar-refractivity contribution is 0.0967. The Bertz CT molecular complexity index is 519. The second kappa shape index (κ2) is 4.49. The fraction of sp³-hybridized carbons (Fsp3) is 0.167. The Kier molecular flexibility index (Phi) is 3.06. The minimum atomic E-state index is 0.0397. The van der Waals surface area contributed by atoms with Gasteiger partial charge >= 0.3 is 0 Å². The molecule has 16 heavy (non-hydrogen) atoms. The van der Waals surface area contributed by atoms with Crippen molar-refractivity contribution in [2.24, 2.45) is 0 Å². The van der Waals surface area contributed by atoms with Gasteiger partial charge in [0.15, 0.2) is 5.78 Å². The van der Waals surface area contributed by atoms with Crippen molar-refractivity contribution >= 4 is 17.4 Å². The van der Waals surface area contributed by atoms with Gasteiger partial charge in [-0.25, -0.2) is 0 Å². The molecule has 4 heteroatoms. The van der Waals surface area contributed by atoms with Crippen LogP contribution in [0, 0.1) is 6.92 Å². The number of nitrogens with zero attached hydrogens (tertiary/aromatic N) is 2. The summed E-state index contributed by atoms with van der Waals surface area (Å²) in [7, 11) is 0. The molecule has 1 aromatic heterocycles. The van der Waals surface area contributed by atoms with Crippen LogP contribution in [0.1, 0.15) is 15.9 Å². The molecule has 0 spiro atoms. The minimum Gasteiger partial charge on any atom is -0.292 e. The Hall–Kier alpha value is -1.61. The van der Waals surface area contributed by atoms with Gasteiger partial charge in [-0.15, -0.1) is 0 Å². The summed E-state index contributed by atoms with van der Waals surface area (Å²) < 4.78 is 1.54. The maximum Gasteiger partial charge on any atom is 0.184 e. The number of benzene rings is 1. The normalized spacial score (nSPS) is 10.4. The first-order chi connectivity index (χ1) is 7.66. The second-order valence-corrected chi connectivity index (χ2v) is 4.03. The molecule has 0 saturated carbocycles. The monoisotopic (exact) mass is 234 g/mol. The molecule has 0 unspecified atom stereocenters. The van der Waals surface area contributed by atoms with Gasteiger partial charge < -0.3 is 0 Å². The van der Waals surface area contributed by atoms with Crippen molar-refractivity contribution in [1.29, 1.82) is 0 Å². The van der Waals surface area contributed by atoms with Crippen molar-refractivity contribution in [2.75, 3.05) is 0 Å². The van der Waals surface area contributed by atoms with E-state index in [2.05, 4.69) is 5.10 Å². The van der Waals surface area contributed by atoms with Gasteiger partial charge in [0.05, 0.1) is 11.2 Å². The molecule has 1 heterocycles. The quantitative estimate of drug-likeness (QED) is 0.766. The van der Waals surface area contributed by atoms with Gasteiger partial charge in [0.25, 0.3) is 0 Å². The van der Waals surface area contributed by atoms with Gasteiger partial charge in [0.1, 0.15) is 6.54 Å². The fourth-order valence-electron chi connectivity index (χ4n) is 1.54. The second-order valence-electron chi connectivity index (χ2n) is 3.59. The van der Waals surface area contributed by atoms with Gasteiger partial charge in [-0.2, -0.15) is 5.10 Å². The largest absolute Gasteiger partial charge is 0.292 e. The summed E-state index contributed by atoms with van der Waals surface area (Å²) in [5.41, 5.74) is 1.71. The van der Waals surface area contributed by atoms with Gasteiger partial charge in [0.2, 0.25) is 0 Å². The summed E-state index contributed by atoms with van der Waals surface area (Å²) in [5, 5.41) is 4.51. The smallest absolute Gasteiger partial charge is 0.184 e. The van der Waals surface area contributed by atoms with E-state index in [1.165, 1.54) is 10.9 Å². The number of hydrogen-bond acceptors (Lipinski definition) is 2. The zero-order valence-electron chi connectivity index (χ0n) is 8.85. The maximum atomic E-state index is 11.9. The molecule has 0 fully saturated rings. The third kappa shape index (κ3) is 2.31. The third-order valence-electron chi connectivity index (χ3n) is 2.35. The molecule has 0 aliphatic heterocycles. The van der Waals surface area contributed by atoms with E-state index in [1.807, 2.05) is 31.2 Å². The number of rotatable bonds is 3. The van der Waals surface area contributed by atoms with Gasteiger partial charge in [-0.3, -0.25) is 9.48 Å². The zero-order chi connectivity index (χ0) is 11.5. The van der Waals surface area contributed by atoms with Crippen molar-refractivity contribution in [3.8, 4) is 0 Å². The van der Waals surface area contributed by atoms with Crippen LogP contribution in [-0.4, -0.2) is 15.6 Å². The third-order valence-corrected chi connectivity index (χ3v) is 2.55. The fourth-order valence-corrected chi connectivity index (χ4v) is 1.70. The molecule has 2 rings (SSSR count). The highest BCUT2D eigenvalue weighted by molar-refractivity contribution is 6.30. The molecule has 0 radical (unpaired) electrons. The first-order valence-corrected chi connectivity index (χ1v) is 5.31. The first kappa shape index (κ1) is 10.9. The molecule has 82 valence electrons. The molecule has 0 aliphatic rings. The number of aryl methyl sites for hydroxylation is 1. The summed E-state index contributed by atoms with van der Waals surface area (Å²) in [6, 6.07) is 7.51. The Morgan fingerprint density at radius 3 is 2.81 bits per heavy atom. The SMILES string of the molecule is Cc1ccccc1C(=O)Cn1cc(Cl)cn1. The molecule has 0 bridgehead atoms. The predicted molar refractivity (Wildman–Crippen MR) is 62.7 cm³/mol. The number of carbonyl (C=O) groups is 1. The number of hydrogen-bond donors (Lipinski definition) is 0. The molecule has 0 N–H and O–H groups in total. The number of Topliss-reactive ketones (excluding diaryl/α,β-unsaturated/α-hetero) is 1. The lowest BCUT2D eigenvalue weighted by Crippen LogP contribution is -2.11. The molecular weight excluding hydrogens is 224 g/mol. The van der Waals surface area contributed by atoms with Crippen LogP contribution in [0.15, 0.2) is 36.7 Å². The van der Waals surface area contributed by atoms with E-state index in [0.717, 1.165) is 11.1 Å². The van der Waals surface area contributed by atoms with Gasteiger partial charge in [-0.05, 0) is 12.5 Å². The molecule has 1 aromatic carbocycles. The van der Waals surface area contributed by atoms with Crippen LogP contribution in [0.25, 0.3) is 0 Å². The number of halogens is 1. The van der Waals surface area contributed by atoms with E-state index >= 15 is 0 Å². The Morgan fingerprint density at radius 1 is 1.44 bits per heavy atom. The summed E-state index contributed by atoms with van der Waals surface area (Å²) in [6.45, 7) is 2.14. The maximum absolute atomic E-state index is 11.9. The van der Waals surface area contributed by atoms with E-state index in [9.17, 15) is 4.79 Å². The van der Waals surface area contributed by atoms with Crippen LogP contribution in [0.2, 0.25) is 5.02 Å². The van der Waals surface area contributed by atoms with Crippen molar-refractivity contribution in [3.05, 3.63) is 52.8 Å². The standard InChI is InChI=1S/C12H11ClN2O/c1-9-4-2-3-5-11(9)12(16)8-15-7-10(13)6-14-15/h2-7H,8H2,1H3. The lowest BCUT2D eigenvalue weighted by Gasteiger charge is -2.04. The average Bonchev–Trinajstić information content (AvgIpc) is 2.64. The number of aromatic nitrogens is 2.